The highest BCUT2D eigenvalue weighted by Gasteiger charge is 2.53. The summed E-state index contributed by atoms with van der Waals surface area (Å²) in [7, 11) is 1.73. The number of piperidine rings is 1. The zero-order valence-electron chi connectivity index (χ0n) is 13.9. The van der Waals surface area contributed by atoms with Crippen molar-refractivity contribution in [3.8, 4) is 0 Å². The van der Waals surface area contributed by atoms with Gasteiger partial charge >= 0.3 is 0 Å². The molecule has 2 fully saturated rings. The van der Waals surface area contributed by atoms with Crippen LogP contribution in [0.2, 0.25) is 5.02 Å². The van der Waals surface area contributed by atoms with Gasteiger partial charge in [-0.05, 0) is 46.0 Å². The third-order valence-corrected chi connectivity index (χ3v) is 6.05. The van der Waals surface area contributed by atoms with Gasteiger partial charge in [0, 0.05) is 31.9 Å². The van der Waals surface area contributed by atoms with Crippen LogP contribution in [0.4, 0.5) is 5.69 Å². The van der Waals surface area contributed by atoms with Crippen LogP contribution in [0, 0.1) is 11.8 Å². The number of imidazole rings is 1. The molecular formula is C17H17BrClN5O2. The molecule has 9 heteroatoms. The average Bonchev–Trinajstić information content (AvgIpc) is 2.94. The second-order valence-corrected chi connectivity index (χ2v) is 7.82. The predicted molar refractivity (Wildman–Crippen MR) is 101 cm³/mol. The molecule has 4 rings (SSSR count). The second kappa shape index (κ2) is 6.68. The number of rotatable bonds is 4. The fourth-order valence-corrected chi connectivity index (χ4v) is 3.96. The quantitative estimate of drug-likeness (QED) is 0.682. The van der Waals surface area contributed by atoms with Gasteiger partial charge in [-0.3, -0.25) is 9.59 Å². The van der Waals surface area contributed by atoms with Gasteiger partial charge in [-0.15, -0.1) is 0 Å². The van der Waals surface area contributed by atoms with Crippen molar-refractivity contribution in [2.75, 3.05) is 18.4 Å². The van der Waals surface area contributed by atoms with Crippen LogP contribution < -0.4 is 16.0 Å². The molecule has 2 aliphatic rings. The summed E-state index contributed by atoms with van der Waals surface area (Å²) in [6.07, 6.45) is 1.55. The molecule has 2 aromatic rings. The molecule has 1 aliphatic carbocycles. The summed E-state index contributed by atoms with van der Waals surface area (Å²) in [6, 6.07) is 5.09. The third-order valence-electron chi connectivity index (χ3n) is 5.00. The van der Waals surface area contributed by atoms with E-state index in [1.165, 1.54) is 0 Å². The minimum atomic E-state index is -0.357. The standard InChI is InChI=1S/C17H17BrClN5O2/c1-24-13(18)7-21-15(24)17(26)22-8-2-3-9(12(19)4-8)16(25)23-14-10-5-20-6-11(10)14/h2-4,7,10-11,14,20H,5-6H2,1H3,(H,22,26)(H,23,25). The number of benzene rings is 1. The molecule has 3 N–H and O–H groups in total. The molecule has 2 atom stereocenters. The minimum Gasteiger partial charge on any atom is -0.349 e. The van der Waals surface area contributed by atoms with E-state index in [9.17, 15) is 9.59 Å². The van der Waals surface area contributed by atoms with Crippen molar-refractivity contribution >= 4 is 45.0 Å². The van der Waals surface area contributed by atoms with Crippen LogP contribution in [0.5, 0.6) is 0 Å². The Labute approximate surface area is 163 Å². The molecule has 26 heavy (non-hydrogen) atoms. The number of fused-ring (bicyclic) bond motifs is 1. The predicted octanol–water partition coefficient (Wildman–Crippen LogP) is 2.04. The molecule has 1 saturated carbocycles. The number of nitrogens with one attached hydrogen (secondary N) is 3. The van der Waals surface area contributed by atoms with E-state index in [4.69, 9.17) is 11.6 Å². The maximum Gasteiger partial charge on any atom is 0.291 e. The first-order valence-electron chi connectivity index (χ1n) is 8.25. The summed E-state index contributed by atoms with van der Waals surface area (Å²) < 4.78 is 2.33. The third kappa shape index (κ3) is 3.13. The van der Waals surface area contributed by atoms with E-state index in [1.807, 2.05) is 0 Å². The number of carbonyl (C=O) groups excluding carboxylic acids is 2. The van der Waals surface area contributed by atoms with E-state index in [-0.39, 0.29) is 23.7 Å². The molecule has 1 aromatic heterocycles. The summed E-state index contributed by atoms with van der Waals surface area (Å²) in [5, 5.41) is 9.37. The Morgan fingerprint density at radius 2 is 2.04 bits per heavy atom. The molecule has 2 amide bonds. The summed E-state index contributed by atoms with van der Waals surface area (Å²) in [4.78, 5) is 28.8. The van der Waals surface area contributed by atoms with Crippen LogP contribution in [-0.2, 0) is 7.05 Å². The second-order valence-electron chi connectivity index (χ2n) is 6.60. The van der Waals surface area contributed by atoms with E-state index >= 15 is 0 Å². The summed E-state index contributed by atoms with van der Waals surface area (Å²) in [5.41, 5.74) is 0.908. The lowest BCUT2D eigenvalue weighted by Gasteiger charge is -2.11. The molecule has 2 unspecified atom stereocenters. The highest BCUT2D eigenvalue weighted by Crippen LogP contribution is 2.41. The first kappa shape index (κ1) is 17.5. The van der Waals surface area contributed by atoms with Gasteiger partial charge in [0.25, 0.3) is 11.8 Å². The van der Waals surface area contributed by atoms with Crippen molar-refractivity contribution in [1.29, 1.82) is 0 Å². The van der Waals surface area contributed by atoms with Gasteiger partial charge in [0.2, 0.25) is 0 Å². The van der Waals surface area contributed by atoms with Gasteiger partial charge in [0.15, 0.2) is 5.82 Å². The summed E-state index contributed by atoms with van der Waals surface area (Å²) in [6.45, 7) is 1.91. The van der Waals surface area contributed by atoms with Gasteiger partial charge < -0.3 is 20.5 Å². The van der Waals surface area contributed by atoms with Crippen molar-refractivity contribution in [3.05, 3.63) is 45.4 Å². The van der Waals surface area contributed by atoms with Gasteiger partial charge in [-0.2, -0.15) is 0 Å². The zero-order valence-corrected chi connectivity index (χ0v) is 16.3. The van der Waals surface area contributed by atoms with Gasteiger partial charge in [0.1, 0.15) is 4.60 Å². The maximum atomic E-state index is 12.4. The Bertz CT molecular complexity index is 889. The van der Waals surface area contributed by atoms with Crippen LogP contribution in [0.1, 0.15) is 21.0 Å². The first-order valence-corrected chi connectivity index (χ1v) is 9.42. The lowest BCUT2D eigenvalue weighted by molar-refractivity contribution is 0.0946. The van der Waals surface area contributed by atoms with E-state index in [2.05, 4.69) is 36.9 Å². The van der Waals surface area contributed by atoms with Crippen LogP contribution in [0.3, 0.4) is 0 Å². The zero-order chi connectivity index (χ0) is 18.4. The molecular weight excluding hydrogens is 422 g/mol. The van der Waals surface area contributed by atoms with Crippen molar-refractivity contribution in [3.63, 3.8) is 0 Å². The Kier molecular flexibility index (Phi) is 4.50. The van der Waals surface area contributed by atoms with E-state index < -0.39 is 0 Å². The largest absolute Gasteiger partial charge is 0.349 e. The van der Waals surface area contributed by atoms with Gasteiger partial charge in [-0.1, -0.05) is 11.6 Å². The van der Waals surface area contributed by atoms with Crippen molar-refractivity contribution in [2.24, 2.45) is 18.9 Å². The highest BCUT2D eigenvalue weighted by molar-refractivity contribution is 9.10. The molecule has 0 spiro atoms. The molecule has 2 heterocycles. The Morgan fingerprint density at radius 1 is 1.31 bits per heavy atom. The van der Waals surface area contributed by atoms with Crippen LogP contribution in [0.25, 0.3) is 0 Å². The van der Waals surface area contributed by atoms with Crippen LogP contribution in [0.15, 0.2) is 29.0 Å². The van der Waals surface area contributed by atoms with Gasteiger partial charge in [0.05, 0.1) is 16.8 Å². The number of anilines is 1. The van der Waals surface area contributed by atoms with E-state index in [0.717, 1.165) is 13.1 Å². The SMILES string of the molecule is Cn1c(Br)cnc1C(=O)Nc1ccc(C(=O)NC2C3CNCC32)c(Cl)c1. The van der Waals surface area contributed by atoms with Crippen molar-refractivity contribution in [2.45, 2.75) is 6.04 Å². The molecule has 1 saturated heterocycles. The molecule has 1 aliphatic heterocycles. The summed E-state index contributed by atoms with van der Waals surface area (Å²) >= 11 is 9.56. The normalized spacial score (nSPS) is 23.4. The minimum absolute atomic E-state index is 0.180. The number of hydrogen-bond donors (Lipinski definition) is 3. The Balaban J connectivity index is 1.43. The molecule has 0 bridgehead atoms. The summed E-state index contributed by atoms with van der Waals surface area (Å²) in [5.74, 6) is 0.801. The fourth-order valence-electron chi connectivity index (χ4n) is 3.43. The van der Waals surface area contributed by atoms with Gasteiger partial charge in [-0.25, -0.2) is 4.98 Å². The lowest BCUT2D eigenvalue weighted by atomic mass is 10.2. The van der Waals surface area contributed by atoms with E-state index in [0.29, 0.717) is 32.7 Å². The lowest BCUT2D eigenvalue weighted by Crippen LogP contribution is -2.32. The van der Waals surface area contributed by atoms with Crippen LogP contribution >= 0.6 is 27.5 Å². The van der Waals surface area contributed by atoms with E-state index in [1.54, 1.807) is 36.0 Å². The molecule has 7 nitrogen and oxygen atoms in total. The monoisotopic (exact) mass is 437 g/mol. The average molecular weight is 439 g/mol. The number of hydrogen-bond acceptors (Lipinski definition) is 4. The number of aromatic nitrogens is 2. The Morgan fingerprint density at radius 3 is 2.65 bits per heavy atom. The van der Waals surface area contributed by atoms with Crippen molar-refractivity contribution in [1.82, 2.24) is 20.2 Å². The topological polar surface area (TPSA) is 88.0 Å². The fraction of sp³-hybridized carbons (Fsp3) is 0.353. The number of amides is 2. The highest BCUT2D eigenvalue weighted by atomic mass is 79.9. The molecule has 1 aromatic carbocycles. The van der Waals surface area contributed by atoms with Crippen LogP contribution in [-0.4, -0.2) is 40.5 Å². The number of carbonyl (C=O) groups is 2. The van der Waals surface area contributed by atoms with Crippen molar-refractivity contribution < 1.29 is 9.59 Å². The first-order chi connectivity index (χ1) is 12.5. The molecule has 136 valence electrons. The smallest absolute Gasteiger partial charge is 0.291 e. The number of nitrogens with zero attached hydrogens (tertiary/aromatic N) is 2. The Hall–Kier alpha value is -1.90. The maximum absolute atomic E-state index is 12.4. The molecule has 0 radical (unpaired) electrons. The number of halogens is 2.